The Kier molecular flexibility index (Phi) is 8.92. The van der Waals surface area contributed by atoms with Crippen molar-refractivity contribution in [1.29, 1.82) is 5.26 Å². The molecule has 0 atom stereocenters. The first-order valence-corrected chi connectivity index (χ1v) is 10.8. The van der Waals surface area contributed by atoms with Crippen LogP contribution in [0.25, 0.3) is 6.08 Å². The van der Waals surface area contributed by atoms with Crippen LogP contribution >= 0.6 is 11.3 Å². The van der Waals surface area contributed by atoms with Crippen LogP contribution in [0, 0.1) is 35.3 Å². The lowest BCUT2D eigenvalue weighted by atomic mass is 10.1. The van der Waals surface area contributed by atoms with Gasteiger partial charge in [-0.2, -0.15) is 5.26 Å². The summed E-state index contributed by atoms with van der Waals surface area (Å²) in [6.45, 7) is 8.96. The Labute approximate surface area is 200 Å². The lowest BCUT2D eigenvalue weighted by molar-refractivity contribution is -0.385. The number of nitro groups is 1. The van der Waals surface area contributed by atoms with Gasteiger partial charge in [-0.25, -0.2) is 4.79 Å². The molecule has 1 heterocycles. The third-order valence-corrected chi connectivity index (χ3v) is 5.72. The second-order valence-electron chi connectivity index (χ2n) is 6.75. The fourth-order valence-electron chi connectivity index (χ4n) is 2.91. The van der Waals surface area contributed by atoms with Gasteiger partial charge < -0.3 is 19.5 Å². The summed E-state index contributed by atoms with van der Waals surface area (Å²) in [6, 6.07) is 4.12. The number of esters is 1. The molecule has 10 nitrogen and oxygen atoms in total. The quantitative estimate of drug-likeness (QED) is 0.129. The van der Waals surface area contributed by atoms with E-state index in [2.05, 4.69) is 11.9 Å². The van der Waals surface area contributed by atoms with E-state index in [0.29, 0.717) is 5.56 Å². The van der Waals surface area contributed by atoms with E-state index in [9.17, 15) is 25.0 Å². The van der Waals surface area contributed by atoms with E-state index < -0.39 is 16.8 Å². The summed E-state index contributed by atoms with van der Waals surface area (Å²) < 4.78 is 15.8. The van der Waals surface area contributed by atoms with E-state index in [1.54, 1.807) is 26.8 Å². The number of nitrogens with zero attached hydrogens (tertiary/aromatic N) is 2. The van der Waals surface area contributed by atoms with Gasteiger partial charge in [0, 0.05) is 16.5 Å². The number of non-ortho nitro benzene ring substituents is 1. The summed E-state index contributed by atoms with van der Waals surface area (Å²) in [4.78, 5) is 36.8. The van der Waals surface area contributed by atoms with Crippen molar-refractivity contribution in [2.45, 2.75) is 20.8 Å². The van der Waals surface area contributed by atoms with Gasteiger partial charge in [0.05, 0.1) is 30.3 Å². The zero-order chi connectivity index (χ0) is 25.4. The first-order chi connectivity index (χ1) is 16.2. The molecule has 11 heteroatoms. The number of hydrogen-bond donors (Lipinski definition) is 1. The number of nitrogens with one attached hydrogen (secondary N) is 1. The van der Waals surface area contributed by atoms with Crippen molar-refractivity contribution in [3.63, 3.8) is 0 Å². The third-order valence-electron chi connectivity index (χ3n) is 4.60. The van der Waals surface area contributed by atoms with Crippen LogP contribution in [-0.4, -0.2) is 37.1 Å². The van der Waals surface area contributed by atoms with Gasteiger partial charge in [-0.15, -0.1) is 11.3 Å². The number of anilines is 1. The summed E-state index contributed by atoms with van der Waals surface area (Å²) in [7, 11) is 1.31. The summed E-state index contributed by atoms with van der Waals surface area (Å²) in [5, 5.41) is 23.8. The van der Waals surface area contributed by atoms with Crippen LogP contribution in [0.1, 0.15) is 33.3 Å². The zero-order valence-corrected chi connectivity index (χ0v) is 19.9. The smallest absolute Gasteiger partial charge is 0.341 e. The van der Waals surface area contributed by atoms with E-state index in [4.69, 9.17) is 14.2 Å². The van der Waals surface area contributed by atoms with Crippen molar-refractivity contribution in [2.24, 2.45) is 0 Å². The molecule has 0 aliphatic rings. The Hall–Kier alpha value is -4.17. The van der Waals surface area contributed by atoms with Gasteiger partial charge in [0.25, 0.3) is 11.6 Å². The van der Waals surface area contributed by atoms with E-state index in [1.807, 2.05) is 0 Å². The molecule has 0 radical (unpaired) electrons. The van der Waals surface area contributed by atoms with Gasteiger partial charge in [-0.05, 0) is 32.4 Å². The molecule has 1 N–H and O–H groups in total. The van der Waals surface area contributed by atoms with Crippen LogP contribution in [0.4, 0.5) is 10.7 Å². The minimum absolute atomic E-state index is 0.0501. The minimum atomic E-state index is -0.811. The zero-order valence-electron chi connectivity index (χ0n) is 19.1. The first-order valence-electron chi connectivity index (χ1n) is 9.98. The number of carbonyl (C=O) groups excluding carboxylic acids is 2. The van der Waals surface area contributed by atoms with Gasteiger partial charge in [-0.1, -0.05) is 12.7 Å². The van der Waals surface area contributed by atoms with Crippen LogP contribution in [0.3, 0.4) is 0 Å². The van der Waals surface area contributed by atoms with Crippen LogP contribution in [-0.2, 0) is 9.53 Å². The molecule has 1 aromatic heterocycles. The van der Waals surface area contributed by atoms with Gasteiger partial charge in [0.2, 0.25) is 0 Å². The number of rotatable bonds is 10. The summed E-state index contributed by atoms with van der Waals surface area (Å²) in [5.74, 6) is -1.25. The molecule has 0 saturated heterocycles. The predicted octanol–water partition coefficient (Wildman–Crippen LogP) is 4.57. The van der Waals surface area contributed by atoms with Gasteiger partial charge in [-0.3, -0.25) is 14.9 Å². The molecule has 0 fully saturated rings. The molecule has 0 bridgehead atoms. The van der Waals surface area contributed by atoms with Crippen LogP contribution in [0.2, 0.25) is 0 Å². The maximum atomic E-state index is 12.9. The molecule has 0 unspecified atom stereocenters. The Bertz CT molecular complexity index is 1210. The minimum Gasteiger partial charge on any atom is -0.493 e. The number of benzene rings is 1. The van der Waals surface area contributed by atoms with Crippen LogP contribution in [0.5, 0.6) is 11.5 Å². The van der Waals surface area contributed by atoms with E-state index in [1.165, 1.54) is 30.6 Å². The SMILES string of the molecule is C=CCOc1c(/C=C(/C#N)C(=O)Nc2sc(C)c(C)c2C(=O)OCC)cc([N+](=O)[O-])cc1OC. The van der Waals surface area contributed by atoms with E-state index in [-0.39, 0.29) is 52.1 Å². The van der Waals surface area contributed by atoms with Crippen molar-refractivity contribution >= 4 is 40.0 Å². The number of nitro benzene ring substituents is 1. The Morgan fingerprint density at radius 2 is 2.06 bits per heavy atom. The molecule has 1 aromatic carbocycles. The highest BCUT2D eigenvalue weighted by Gasteiger charge is 2.24. The lowest BCUT2D eigenvalue weighted by Gasteiger charge is -2.13. The largest absolute Gasteiger partial charge is 0.493 e. The highest BCUT2D eigenvalue weighted by Crippen LogP contribution is 2.38. The Morgan fingerprint density at radius 1 is 1.35 bits per heavy atom. The molecule has 178 valence electrons. The molecule has 0 spiro atoms. The summed E-state index contributed by atoms with van der Waals surface area (Å²) >= 11 is 1.17. The lowest BCUT2D eigenvalue weighted by Crippen LogP contribution is -2.16. The maximum absolute atomic E-state index is 12.9. The number of ether oxygens (including phenoxy) is 3. The number of aryl methyl sites for hydroxylation is 1. The highest BCUT2D eigenvalue weighted by molar-refractivity contribution is 7.16. The molecular weight excluding hydrogens is 462 g/mol. The molecule has 34 heavy (non-hydrogen) atoms. The van der Waals surface area contributed by atoms with E-state index in [0.717, 1.165) is 17.0 Å². The molecule has 0 aliphatic heterocycles. The second kappa shape index (κ2) is 11.6. The third kappa shape index (κ3) is 5.79. The first kappa shape index (κ1) is 26.1. The number of hydrogen-bond acceptors (Lipinski definition) is 9. The van der Waals surface area contributed by atoms with Crippen molar-refractivity contribution in [3.8, 4) is 17.6 Å². The standard InChI is InChI=1S/C23H23N3O7S/c1-6-8-33-20-15(10-17(26(29)30)11-18(20)31-5)9-16(12-24)21(27)25-22-19(23(28)32-7-2)13(3)14(4)34-22/h6,9-11H,1,7-8H2,2-5H3,(H,25,27)/b16-9-. The van der Waals surface area contributed by atoms with Gasteiger partial charge >= 0.3 is 5.97 Å². The topological polar surface area (TPSA) is 141 Å². The van der Waals surface area contributed by atoms with Gasteiger partial charge in [0.1, 0.15) is 23.3 Å². The molecular formula is C23H23N3O7S. The van der Waals surface area contributed by atoms with Crippen molar-refractivity contribution < 1.29 is 28.7 Å². The summed E-state index contributed by atoms with van der Waals surface area (Å²) in [6.07, 6.45) is 2.62. The fraction of sp³-hybridized carbons (Fsp3) is 0.261. The number of carbonyl (C=O) groups is 2. The van der Waals surface area contributed by atoms with Crippen molar-refractivity contribution in [2.75, 3.05) is 25.6 Å². The normalized spacial score (nSPS) is 10.7. The second-order valence-corrected chi connectivity index (χ2v) is 7.98. The Morgan fingerprint density at radius 3 is 2.62 bits per heavy atom. The number of nitriles is 1. The number of methoxy groups -OCH3 is 1. The average molecular weight is 486 g/mol. The molecule has 0 aliphatic carbocycles. The highest BCUT2D eigenvalue weighted by atomic mass is 32.1. The monoisotopic (exact) mass is 485 g/mol. The molecule has 0 saturated carbocycles. The van der Waals surface area contributed by atoms with Crippen molar-refractivity contribution in [3.05, 3.63) is 62.0 Å². The predicted molar refractivity (Wildman–Crippen MR) is 127 cm³/mol. The number of amides is 1. The molecule has 2 rings (SSSR count). The van der Waals surface area contributed by atoms with Crippen molar-refractivity contribution in [1.82, 2.24) is 0 Å². The van der Waals surface area contributed by atoms with Gasteiger partial charge in [0.15, 0.2) is 11.5 Å². The Balaban J connectivity index is 2.54. The molecule has 2 aromatic rings. The average Bonchev–Trinajstić information content (AvgIpc) is 3.08. The van der Waals surface area contributed by atoms with Crippen LogP contribution < -0.4 is 14.8 Å². The van der Waals surface area contributed by atoms with E-state index >= 15 is 0 Å². The molecule has 1 amide bonds. The van der Waals surface area contributed by atoms with Crippen LogP contribution in [0.15, 0.2) is 30.4 Å². The summed E-state index contributed by atoms with van der Waals surface area (Å²) in [5.41, 5.74) is 0.265. The number of thiophene rings is 1. The maximum Gasteiger partial charge on any atom is 0.341 e. The fourth-order valence-corrected chi connectivity index (χ4v) is 3.95.